The van der Waals surface area contributed by atoms with Gasteiger partial charge in [-0.25, -0.2) is 0 Å². The number of hydrogen-bond acceptors (Lipinski definition) is 4. The van der Waals surface area contributed by atoms with Crippen molar-refractivity contribution < 1.29 is 20.4 Å². The standard InChI is InChI=1S/C26H30N2O3.ClH.H2O/c29-15-24-25-21(20-3-1-2-4-22(20)27-25)9-8-18-13-17-7-10-23(30)26(31-24)19(17)11-12-28(18)14-16-5-6-16;;/h1-4,7,10,16,18,24,27,29-30H,5-6,8-9,11-15H2;1H;1H2/t18?,24-;;/m1../s1. The molecule has 33 heavy (non-hydrogen) atoms. The number of aliphatic hydroxyl groups is 1. The van der Waals surface area contributed by atoms with E-state index >= 15 is 0 Å². The number of aliphatic hydroxyl groups excluding tert-OH is 1. The van der Waals surface area contributed by atoms with Gasteiger partial charge in [0.05, 0.1) is 12.3 Å². The summed E-state index contributed by atoms with van der Waals surface area (Å²) in [6, 6.07) is 12.7. The lowest BCUT2D eigenvalue weighted by Gasteiger charge is -2.30. The van der Waals surface area contributed by atoms with Crippen LogP contribution in [0.2, 0.25) is 0 Å². The van der Waals surface area contributed by atoms with Crippen molar-refractivity contribution in [2.75, 3.05) is 19.7 Å². The molecule has 1 aromatic heterocycles. The number of phenols is 1. The summed E-state index contributed by atoms with van der Waals surface area (Å²) in [5, 5.41) is 22.2. The van der Waals surface area contributed by atoms with Crippen molar-refractivity contribution in [3.05, 3.63) is 58.8 Å². The Labute approximate surface area is 200 Å². The van der Waals surface area contributed by atoms with Crippen LogP contribution >= 0.6 is 12.4 Å². The van der Waals surface area contributed by atoms with Crippen LogP contribution in [0.3, 0.4) is 0 Å². The van der Waals surface area contributed by atoms with Gasteiger partial charge in [-0.3, -0.25) is 4.90 Å². The summed E-state index contributed by atoms with van der Waals surface area (Å²) in [4.78, 5) is 6.22. The zero-order valence-electron chi connectivity index (χ0n) is 18.7. The summed E-state index contributed by atoms with van der Waals surface area (Å²) in [6.07, 6.45) is 6.07. The number of ether oxygens (including phenoxy) is 1. The van der Waals surface area contributed by atoms with Gasteiger partial charge in [-0.05, 0) is 67.7 Å². The average molecular weight is 473 g/mol. The molecule has 1 unspecified atom stereocenters. The second kappa shape index (κ2) is 9.55. The lowest BCUT2D eigenvalue weighted by molar-refractivity contribution is 0.108. The number of phenolic OH excluding ortho intramolecular Hbond substituents is 1. The predicted octanol–water partition coefficient (Wildman–Crippen LogP) is 3.71. The summed E-state index contributed by atoms with van der Waals surface area (Å²) < 4.78 is 6.40. The van der Waals surface area contributed by atoms with Crippen molar-refractivity contribution in [1.29, 1.82) is 0 Å². The van der Waals surface area contributed by atoms with E-state index in [9.17, 15) is 10.2 Å². The number of para-hydroxylation sites is 1. The minimum absolute atomic E-state index is 0. The molecular formula is C26H33ClN2O4. The first-order valence-corrected chi connectivity index (χ1v) is 11.7. The van der Waals surface area contributed by atoms with Crippen LogP contribution in [0.15, 0.2) is 36.4 Å². The van der Waals surface area contributed by atoms with Crippen LogP contribution in [0, 0.1) is 5.92 Å². The van der Waals surface area contributed by atoms with Crippen LogP contribution in [0.1, 0.15) is 47.8 Å². The number of halogens is 1. The Morgan fingerprint density at radius 1 is 1.03 bits per heavy atom. The molecule has 1 aliphatic carbocycles. The van der Waals surface area contributed by atoms with Crippen LogP contribution in [0.4, 0.5) is 0 Å². The van der Waals surface area contributed by atoms with Gasteiger partial charge in [-0.15, -0.1) is 12.4 Å². The minimum atomic E-state index is -0.527. The maximum atomic E-state index is 10.7. The predicted molar refractivity (Wildman–Crippen MR) is 132 cm³/mol. The zero-order chi connectivity index (χ0) is 20.9. The second-order valence-electron chi connectivity index (χ2n) is 9.49. The molecule has 2 aromatic carbocycles. The van der Waals surface area contributed by atoms with Gasteiger partial charge in [-0.1, -0.05) is 24.3 Å². The summed E-state index contributed by atoms with van der Waals surface area (Å²) in [6.45, 7) is 2.04. The van der Waals surface area contributed by atoms with Gasteiger partial charge in [0.15, 0.2) is 17.6 Å². The van der Waals surface area contributed by atoms with Crippen molar-refractivity contribution in [2.45, 2.75) is 50.7 Å². The van der Waals surface area contributed by atoms with Crippen molar-refractivity contribution in [2.24, 2.45) is 5.92 Å². The van der Waals surface area contributed by atoms with Gasteiger partial charge in [0, 0.05) is 35.6 Å². The summed E-state index contributed by atoms with van der Waals surface area (Å²) >= 11 is 0. The van der Waals surface area contributed by atoms with Gasteiger partial charge in [-0.2, -0.15) is 0 Å². The molecule has 178 valence electrons. The molecule has 3 aromatic rings. The molecule has 7 heteroatoms. The molecule has 0 saturated heterocycles. The number of aryl methyl sites for hydroxylation is 1. The maximum Gasteiger partial charge on any atom is 0.165 e. The first-order valence-electron chi connectivity index (χ1n) is 11.7. The zero-order valence-corrected chi connectivity index (χ0v) is 19.5. The topological polar surface area (TPSA) is 100 Å². The quantitative estimate of drug-likeness (QED) is 0.541. The third-order valence-corrected chi connectivity index (χ3v) is 7.47. The van der Waals surface area contributed by atoms with Crippen molar-refractivity contribution >= 4 is 23.3 Å². The molecule has 0 amide bonds. The fourth-order valence-electron chi connectivity index (χ4n) is 5.64. The summed E-state index contributed by atoms with van der Waals surface area (Å²) in [5.41, 5.74) is 5.65. The smallest absolute Gasteiger partial charge is 0.165 e. The molecule has 3 heterocycles. The monoisotopic (exact) mass is 472 g/mol. The number of H-pyrrole nitrogens is 1. The summed E-state index contributed by atoms with van der Waals surface area (Å²) in [5.74, 6) is 1.57. The Morgan fingerprint density at radius 3 is 2.64 bits per heavy atom. The molecule has 2 atom stereocenters. The van der Waals surface area contributed by atoms with E-state index in [1.54, 1.807) is 6.07 Å². The molecule has 6 nitrogen and oxygen atoms in total. The van der Waals surface area contributed by atoms with Crippen molar-refractivity contribution in [3.8, 4) is 11.5 Å². The highest BCUT2D eigenvalue weighted by Gasteiger charge is 2.33. The number of fused-ring (bicyclic) bond motifs is 4. The Balaban J connectivity index is 0.00000130. The van der Waals surface area contributed by atoms with Gasteiger partial charge in [0.1, 0.15) is 0 Å². The normalized spacial score (nSPS) is 22.3. The number of aromatic hydroxyl groups is 1. The molecular weight excluding hydrogens is 440 g/mol. The Hall–Kier alpha value is -2.25. The molecule has 1 fully saturated rings. The molecule has 0 spiro atoms. The van der Waals surface area contributed by atoms with Crippen LogP contribution in [0.5, 0.6) is 11.5 Å². The molecule has 3 aliphatic rings. The SMILES string of the molecule is Cl.O.OC[C@H]1Oc2c(O)ccc3c2CCN(CC2CC2)C(CCc2c1[nH]c1ccccc21)C3. The number of hydrogen-bond donors (Lipinski definition) is 3. The van der Waals surface area contributed by atoms with Gasteiger partial charge >= 0.3 is 0 Å². The molecule has 4 bridgehead atoms. The third-order valence-electron chi connectivity index (χ3n) is 7.47. The number of rotatable bonds is 3. The Morgan fingerprint density at radius 2 is 1.85 bits per heavy atom. The first kappa shape index (κ1) is 23.9. The highest BCUT2D eigenvalue weighted by molar-refractivity contribution is 5.85. The molecule has 0 radical (unpaired) electrons. The second-order valence-corrected chi connectivity index (χ2v) is 9.49. The molecule has 6 rings (SSSR count). The van der Waals surface area contributed by atoms with Crippen LogP contribution < -0.4 is 4.74 Å². The average Bonchev–Trinajstić information content (AvgIpc) is 3.55. The molecule has 5 N–H and O–H groups in total. The van der Waals surface area contributed by atoms with Crippen LogP contribution in [-0.2, 0) is 19.3 Å². The van der Waals surface area contributed by atoms with E-state index in [-0.39, 0.29) is 30.2 Å². The number of aromatic nitrogens is 1. The van der Waals surface area contributed by atoms with E-state index in [0.717, 1.165) is 54.9 Å². The highest BCUT2D eigenvalue weighted by Crippen LogP contribution is 2.42. The Kier molecular flexibility index (Phi) is 6.91. The van der Waals surface area contributed by atoms with E-state index in [0.29, 0.717) is 11.8 Å². The molecule has 2 aliphatic heterocycles. The van der Waals surface area contributed by atoms with Crippen LogP contribution in [0.25, 0.3) is 10.9 Å². The Bertz CT molecular complexity index is 1130. The van der Waals surface area contributed by atoms with E-state index in [2.05, 4.69) is 34.1 Å². The van der Waals surface area contributed by atoms with Crippen molar-refractivity contribution in [1.82, 2.24) is 9.88 Å². The number of nitrogens with one attached hydrogen (secondary N) is 1. The van der Waals surface area contributed by atoms with Gasteiger partial charge in [0.2, 0.25) is 0 Å². The lowest BCUT2D eigenvalue weighted by Crippen LogP contribution is -2.38. The highest BCUT2D eigenvalue weighted by atomic mass is 35.5. The molecule has 1 saturated carbocycles. The number of nitrogens with zero attached hydrogens (tertiary/aromatic N) is 1. The van der Waals surface area contributed by atoms with E-state index in [1.165, 1.54) is 35.9 Å². The summed E-state index contributed by atoms with van der Waals surface area (Å²) in [7, 11) is 0. The fraction of sp³-hybridized carbons (Fsp3) is 0.462. The van der Waals surface area contributed by atoms with Gasteiger partial charge < -0.3 is 25.4 Å². The maximum absolute atomic E-state index is 10.7. The van der Waals surface area contributed by atoms with Crippen LogP contribution in [-0.4, -0.2) is 51.3 Å². The number of benzene rings is 2. The number of aromatic amines is 1. The minimum Gasteiger partial charge on any atom is -0.504 e. The first-order chi connectivity index (χ1) is 15.2. The van der Waals surface area contributed by atoms with Gasteiger partial charge in [0.25, 0.3) is 0 Å². The lowest BCUT2D eigenvalue weighted by atomic mass is 9.95. The van der Waals surface area contributed by atoms with Crippen molar-refractivity contribution in [3.63, 3.8) is 0 Å². The van der Waals surface area contributed by atoms with E-state index < -0.39 is 6.10 Å². The fourth-order valence-corrected chi connectivity index (χ4v) is 5.64. The van der Waals surface area contributed by atoms with E-state index in [1.807, 2.05) is 6.07 Å². The van der Waals surface area contributed by atoms with E-state index in [4.69, 9.17) is 4.74 Å². The largest absolute Gasteiger partial charge is 0.504 e. The third kappa shape index (κ3) is 4.33.